The molecule has 0 saturated carbocycles. The summed E-state index contributed by atoms with van der Waals surface area (Å²) in [7, 11) is 0. The predicted octanol–water partition coefficient (Wildman–Crippen LogP) is 6.43. The molecule has 0 heterocycles. The third-order valence-corrected chi connectivity index (χ3v) is 4.75. The van der Waals surface area contributed by atoms with E-state index in [0.717, 1.165) is 17.7 Å². The third-order valence-electron chi connectivity index (χ3n) is 4.50. The van der Waals surface area contributed by atoms with Crippen molar-refractivity contribution in [1.82, 2.24) is 5.32 Å². The number of hydrogen-bond donors (Lipinski definition) is 1. The van der Waals surface area contributed by atoms with Crippen molar-refractivity contribution in [1.29, 1.82) is 0 Å². The largest absolute Gasteiger partial charge is 0.489 e. The topological polar surface area (TPSA) is 38.3 Å². The molecule has 0 spiro atoms. The van der Waals surface area contributed by atoms with Gasteiger partial charge in [0.05, 0.1) is 11.6 Å². The zero-order valence-corrected chi connectivity index (χ0v) is 16.8. The summed E-state index contributed by atoms with van der Waals surface area (Å²) >= 11 is 5.85. The number of rotatable bonds is 6. The molecule has 0 saturated heterocycles. The summed E-state index contributed by atoms with van der Waals surface area (Å²) in [5, 5.41) is 3.36. The summed E-state index contributed by atoms with van der Waals surface area (Å²) in [5.74, 6) is 0.205. The van der Waals surface area contributed by atoms with E-state index >= 15 is 0 Å². The Labute approximate surface area is 177 Å². The highest BCUT2D eigenvalue weighted by atomic mass is 35.5. The van der Waals surface area contributed by atoms with Crippen molar-refractivity contribution >= 4 is 17.5 Å². The van der Waals surface area contributed by atoms with Crippen molar-refractivity contribution in [3.8, 4) is 5.75 Å². The van der Waals surface area contributed by atoms with Crippen LogP contribution in [0, 0.1) is 0 Å². The number of carbonyl (C=O) groups is 1. The lowest BCUT2D eigenvalue weighted by Gasteiger charge is -2.16. The average molecular weight is 434 g/mol. The van der Waals surface area contributed by atoms with Crippen LogP contribution in [0.1, 0.15) is 40.0 Å². The van der Waals surface area contributed by atoms with E-state index in [9.17, 15) is 18.0 Å². The summed E-state index contributed by atoms with van der Waals surface area (Å²) in [6.45, 7) is 1.99. The number of amides is 1. The van der Waals surface area contributed by atoms with Gasteiger partial charge in [0.2, 0.25) is 0 Å². The third kappa shape index (κ3) is 5.76. The molecule has 0 aliphatic heterocycles. The molecule has 3 aromatic carbocycles. The fourth-order valence-electron chi connectivity index (χ4n) is 2.80. The lowest BCUT2D eigenvalue weighted by atomic mass is 10.0. The van der Waals surface area contributed by atoms with Gasteiger partial charge in [-0.3, -0.25) is 4.79 Å². The Hall–Kier alpha value is -2.99. The highest BCUT2D eigenvalue weighted by molar-refractivity contribution is 6.30. The van der Waals surface area contributed by atoms with E-state index in [-0.39, 0.29) is 5.91 Å². The van der Waals surface area contributed by atoms with Crippen molar-refractivity contribution in [2.45, 2.75) is 25.7 Å². The first kappa shape index (κ1) is 21.7. The maximum absolute atomic E-state index is 12.9. The van der Waals surface area contributed by atoms with Gasteiger partial charge >= 0.3 is 6.18 Å². The van der Waals surface area contributed by atoms with Crippen molar-refractivity contribution < 1.29 is 22.7 Å². The molecule has 1 N–H and O–H groups in total. The molecule has 0 aromatic heterocycles. The lowest BCUT2D eigenvalue weighted by Crippen LogP contribution is -2.26. The minimum absolute atomic E-state index is 0.356. The molecule has 1 amide bonds. The highest BCUT2D eigenvalue weighted by Gasteiger charge is 2.30. The molecule has 30 heavy (non-hydrogen) atoms. The second kappa shape index (κ2) is 9.22. The number of alkyl halides is 3. The zero-order valence-electron chi connectivity index (χ0n) is 16.0. The van der Waals surface area contributed by atoms with Crippen LogP contribution in [-0.4, -0.2) is 5.91 Å². The van der Waals surface area contributed by atoms with Gasteiger partial charge in [0.25, 0.3) is 5.91 Å². The fraction of sp³-hybridized carbons (Fsp3) is 0.174. The normalized spacial score (nSPS) is 12.3. The monoisotopic (exact) mass is 433 g/mol. The summed E-state index contributed by atoms with van der Waals surface area (Å²) in [4.78, 5) is 12.4. The van der Waals surface area contributed by atoms with Gasteiger partial charge in [-0.2, -0.15) is 13.2 Å². The smallest absolute Gasteiger partial charge is 0.416 e. The Balaban J connectivity index is 1.59. The van der Waals surface area contributed by atoms with E-state index < -0.39 is 17.8 Å². The summed E-state index contributed by atoms with van der Waals surface area (Å²) in [5.41, 5.74) is 0.966. The van der Waals surface area contributed by atoms with Crippen LogP contribution in [0.15, 0.2) is 72.8 Å². The molecule has 7 heteroatoms. The molecule has 1 atom stereocenters. The minimum atomic E-state index is -4.43. The summed E-state index contributed by atoms with van der Waals surface area (Å²) in [6, 6.07) is 18.1. The first-order chi connectivity index (χ1) is 14.2. The first-order valence-corrected chi connectivity index (χ1v) is 9.55. The van der Waals surface area contributed by atoms with Crippen LogP contribution < -0.4 is 10.1 Å². The molecule has 0 bridgehead atoms. The average Bonchev–Trinajstić information content (AvgIpc) is 2.73. The highest BCUT2D eigenvalue weighted by Crippen LogP contribution is 2.30. The Morgan fingerprint density at radius 2 is 1.70 bits per heavy atom. The van der Waals surface area contributed by atoms with Crippen LogP contribution in [0.3, 0.4) is 0 Å². The van der Waals surface area contributed by atoms with Gasteiger partial charge in [-0.1, -0.05) is 35.9 Å². The fourth-order valence-corrected chi connectivity index (χ4v) is 2.92. The van der Waals surface area contributed by atoms with Gasteiger partial charge in [-0.15, -0.1) is 0 Å². The van der Waals surface area contributed by atoms with E-state index in [2.05, 4.69) is 5.32 Å². The van der Waals surface area contributed by atoms with Gasteiger partial charge in [0, 0.05) is 10.6 Å². The van der Waals surface area contributed by atoms with E-state index in [0.29, 0.717) is 28.5 Å². The van der Waals surface area contributed by atoms with Gasteiger partial charge in [-0.25, -0.2) is 0 Å². The van der Waals surface area contributed by atoms with Gasteiger partial charge < -0.3 is 10.1 Å². The standard InChI is InChI=1S/C23H19ClF3NO2/c1-15(18-3-2-4-19(13-18)23(25,26)27)28-22(29)17-7-11-21(12-8-17)30-14-16-5-9-20(24)10-6-16/h2-13,15H,14H2,1H3,(H,28,29). The van der Waals surface area contributed by atoms with E-state index in [1.165, 1.54) is 6.07 Å². The minimum Gasteiger partial charge on any atom is -0.489 e. The van der Waals surface area contributed by atoms with Crippen LogP contribution in [0.25, 0.3) is 0 Å². The van der Waals surface area contributed by atoms with Gasteiger partial charge in [0.1, 0.15) is 12.4 Å². The molecular formula is C23H19ClF3NO2. The van der Waals surface area contributed by atoms with E-state index in [1.54, 1.807) is 49.4 Å². The maximum atomic E-state index is 12.9. The molecule has 3 aromatic rings. The predicted molar refractivity (Wildman–Crippen MR) is 110 cm³/mol. The van der Waals surface area contributed by atoms with Gasteiger partial charge in [0.15, 0.2) is 0 Å². The summed E-state index contributed by atoms with van der Waals surface area (Å²) in [6.07, 6.45) is -4.43. The van der Waals surface area contributed by atoms with Crippen molar-refractivity contribution in [2.75, 3.05) is 0 Å². The quantitative estimate of drug-likeness (QED) is 0.486. The van der Waals surface area contributed by atoms with Crippen molar-refractivity contribution in [3.05, 3.63) is 100 Å². The number of carbonyl (C=O) groups excluding carboxylic acids is 1. The van der Waals surface area contributed by atoms with Crippen LogP contribution in [0.5, 0.6) is 5.75 Å². The van der Waals surface area contributed by atoms with Crippen LogP contribution in [-0.2, 0) is 12.8 Å². The molecule has 3 nitrogen and oxygen atoms in total. The molecule has 3 rings (SSSR count). The van der Waals surface area contributed by atoms with Crippen LogP contribution in [0.2, 0.25) is 5.02 Å². The summed E-state index contributed by atoms with van der Waals surface area (Å²) < 4.78 is 44.3. The molecule has 0 aliphatic carbocycles. The Morgan fingerprint density at radius 1 is 1.03 bits per heavy atom. The van der Waals surface area contributed by atoms with Crippen LogP contribution in [0.4, 0.5) is 13.2 Å². The molecule has 1 unspecified atom stereocenters. The second-order valence-electron chi connectivity index (χ2n) is 6.76. The van der Waals surface area contributed by atoms with Gasteiger partial charge in [-0.05, 0) is 66.6 Å². The Morgan fingerprint density at radius 3 is 2.33 bits per heavy atom. The SMILES string of the molecule is CC(NC(=O)c1ccc(OCc2ccc(Cl)cc2)cc1)c1cccc(C(F)(F)F)c1. The van der Waals surface area contributed by atoms with Crippen molar-refractivity contribution in [3.63, 3.8) is 0 Å². The van der Waals surface area contributed by atoms with E-state index in [4.69, 9.17) is 16.3 Å². The van der Waals surface area contributed by atoms with Crippen LogP contribution >= 0.6 is 11.6 Å². The maximum Gasteiger partial charge on any atom is 0.416 e. The van der Waals surface area contributed by atoms with E-state index in [1.807, 2.05) is 12.1 Å². The molecule has 156 valence electrons. The Bertz CT molecular complexity index is 1000. The molecule has 0 radical (unpaired) electrons. The number of hydrogen-bond acceptors (Lipinski definition) is 2. The molecular weight excluding hydrogens is 415 g/mol. The number of halogens is 4. The van der Waals surface area contributed by atoms with Crippen molar-refractivity contribution in [2.24, 2.45) is 0 Å². The molecule has 0 fully saturated rings. The number of benzene rings is 3. The lowest BCUT2D eigenvalue weighted by molar-refractivity contribution is -0.137. The zero-order chi connectivity index (χ0) is 21.7. The first-order valence-electron chi connectivity index (χ1n) is 9.18. The Kier molecular flexibility index (Phi) is 6.67. The second-order valence-corrected chi connectivity index (χ2v) is 7.19. The number of nitrogens with one attached hydrogen (secondary N) is 1. The number of ether oxygens (including phenoxy) is 1. The molecule has 0 aliphatic rings.